The fourth-order valence-electron chi connectivity index (χ4n) is 5.26. The number of rotatable bonds is 4. The Morgan fingerprint density at radius 2 is 2.03 bits per heavy atom. The third kappa shape index (κ3) is 3.59. The molecule has 0 radical (unpaired) electrons. The van der Waals surface area contributed by atoms with Gasteiger partial charge >= 0.3 is 0 Å². The van der Waals surface area contributed by atoms with Gasteiger partial charge in [-0.3, -0.25) is 14.6 Å². The molecule has 1 aliphatic carbocycles. The molecule has 0 saturated carbocycles. The van der Waals surface area contributed by atoms with Crippen molar-refractivity contribution in [1.29, 1.82) is 0 Å². The second kappa shape index (κ2) is 8.00. The molecule has 5 rings (SSSR count). The van der Waals surface area contributed by atoms with Crippen LogP contribution in [0.4, 0.5) is 11.6 Å². The monoisotopic (exact) mass is 423 g/mol. The molecule has 3 aliphatic rings. The summed E-state index contributed by atoms with van der Waals surface area (Å²) in [6.07, 6.45) is 5.84. The summed E-state index contributed by atoms with van der Waals surface area (Å²) in [7, 11) is 0. The summed E-state index contributed by atoms with van der Waals surface area (Å²) in [6.45, 7) is 2.70. The number of aliphatic hydroxyl groups is 1. The molecule has 2 aliphatic heterocycles. The number of fused-ring (bicyclic) bond motifs is 3. The molecule has 1 saturated heterocycles. The van der Waals surface area contributed by atoms with E-state index in [1.807, 2.05) is 12.1 Å². The Hall–Kier alpha value is -2.87. The minimum absolute atomic E-state index is 0.0277. The van der Waals surface area contributed by atoms with Gasteiger partial charge in [0.15, 0.2) is 0 Å². The van der Waals surface area contributed by atoms with Gasteiger partial charge in [0.05, 0.1) is 12.3 Å². The molecule has 0 atom stereocenters. The van der Waals surface area contributed by atoms with Crippen LogP contribution in [0.1, 0.15) is 52.9 Å². The van der Waals surface area contributed by atoms with Gasteiger partial charge in [-0.05, 0) is 56.2 Å². The number of carbonyl (C=O) groups excluding carboxylic acids is 1. The normalized spacial score (nSPS) is 18.9. The van der Waals surface area contributed by atoms with Crippen molar-refractivity contribution in [2.24, 2.45) is 0 Å². The molecular formula is C23H29N5O3. The second-order valence-electron chi connectivity index (χ2n) is 8.88. The number of aliphatic hydroxyl groups excluding tert-OH is 1. The highest BCUT2D eigenvalue weighted by Gasteiger charge is 2.42. The lowest BCUT2D eigenvalue weighted by Gasteiger charge is -2.39. The summed E-state index contributed by atoms with van der Waals surface area (Å²) in [4.78, 5) is 34.8. The van der Waals surface area contributed by atoms with Crippen LogP contribution < -0.4 is 21.1 Å². The van der Waals surface area contributed by atoms with Crippen molar-refractivity contribution in [3.63, 3.8) is 0 Å². The summed E-state index contributed by atoms with van der Waals surface area (Å²) in [6, 6.07) is 5.85. The number of piperidine rings is 1. The van der Waals surface area contributed by atoms with Crippen molar-refractivity contribution in [2.45, 2.75) is 43.9 Å². The highest BCUT2D eigenvalue weighted by atomic mass is 16.3. The van der Waals surface area contributed by atoms with E-state index in [0.29, 0.717) is 11.5 Å². The standard InChI is InChI=1S/C23H29N5O3/c29-12-9-24-20(30)15-5-6-17-19(13-15)25-14-23(17)7-10-28(11-8-23)22-26-18-4-2-1-3-16(18)21(31)27-22/h5-6,13,25,29H,1-4,7-12,14H2,(H,24,30)(H,26,27,31). The molecule has 164 valence electrons. The van der Waals surface area contributed by atoms with Crippen LogP contribution in [0.5, 0.6) is 0 Å². The van der Waals surface area contributed by atoms with Crippen LogP contribution in [-0.4, -0.2) is 53.8 Å². The van der Waals surface area contributed by atoms with Gasteiger partial charge in [0, 0.05) is 48.4 Å². The van der Waals surface area contributed by atoms with Crippen molar-refractivity contribution >= 4 is 17.5 Å². The Kier molecular flexibility index (Phi) is 5.17. The van der Waals surface area contributed by atoms with Crippen LogP contribution in [0.2, 0.25) is 0 Å². The average molecular weight is 424 g/mol. The first-order valence-electron chi connectivity index (χ1n) is 11.2. The van der Waals surface area contributed by atoms with E-state index in [-0.39, 0.29) is 30.0 Å². The topological polar surface area (TPSA) is 110 Å². The van der Waals surface area contributed by atoms with Crippen molar-refractivity contribution in [2.75, 3.05) is 43.0 Å². The first kappa shape index (κ1) is 20.1. The molecule has 3 heterocycles. The molecule has 1 amide bonds. The minimum atomic E-state index is -0.170. The van der Waals surface area contributed by atoms with E-state index in [2.05, 4.69) is 26.6 Å². The van der Waals surface area contributed by atoms with Gasteiger partial charge in [-0.25, -0.2) is 4.98 Å². The first-order chi connectivity index (χ1) is 15.1. The zero-order valence-corrected chi connectivity index (χ0v) is 17.7. The SMILES string of the molecule is O=C(NCCO)c1ccc2c(c1)NCC21CCN(c2nc3c(c(=O)[nH]2)CCCC3)CC1. The van der Waals surface area contributed by atoms with Gasteiger partial charge < -0.3 is 20.6 Å². The number of aromatic amines is 1. The van der Waals surface area contributed by atoms with Crippen molar-refractivity contribution < 1.29 is 9.90 Å². The molecule has 8 nitrogen and oxygen atoms in total. The Bertz CT molecular complexity index is 1060. The minimum Gasteiger partial charge on any atom is -0.395 e. The number of anilines is 2. The fourth-order valence-corrected chi connectivity index (χ4v) is 5.26. The lowest BCUT2D eigenvalue weighted by atomic mass is 9.74. The Morgan fingerprint density at radius 1 is 1.23 bits per heavy atom. The number of hydrogen-bond donors (Lipinski definition) is 4. The predicted octanol–water partition coefficient (Wildman–Crippen LogP) is 1.33. The van der Waals surface area contributed by atoms with Crippen LogP contribution in [0, 0.1) is 0 Å². The number of nitrogens with zero attached hydrogens (tertiary/aromatic N) is 2. The molecule has 2 aromatic rings. The number of nitrogens with one attached hydrogen (secondary N) is 3. The molecule has 31 heavy (non-hydrogen) atoms. The van der Waals surface area contributed by atoms with Gasteiger partial charge in [-0.2, -0.15) is 0 Å². The maximum absolute atomic E-state index is 12.5. The Labute approximate surface area is 181 Å². The number of hydrogen-bond acceptors (Lipinski definition) is 6. The van der Waals surface area contributed by atoms with Crippen LogP contribution in [0.25, 0.3) is 0 Å². The quantitative estimate of drug-likeness (QED) is 0.591. The second-order valence-corrected chi connectivity index (χ2v) is 8.88. The summed E-state index contributed by atoms with van der Waals surface area (Å²) < 4.78 is 0. The molecule has 8 heteroatoms. The van der Waals surface area contributed by atoms with Gasteiger partial charge in [-0.1, -0.05) is 6.07 Å². The molecule has 1 spiro atoms. The number of amides is 1. The maximum Gasteiger partial charge on any atom is 0.255 e. The van der Waals surface area contributed by atoms with Gasteiger partial charge in [-0.15, -0.1) is 0 Å². The molecule has 1 aromatic carbocycles. The van der Waals surface area contributed by atoms with Gasteiger partial charge in [0.25, 0.3) is 11.5 Å². The van der Waals surface area contributed by atoms with Crippen LogP contribution in [-0.2, 0) is 18.3 Å². The van der Waals surface area contributed by atoms with Crippen molar-refractivity contribution in [1.82, 2.24) is 15.3 Å². The number of benzene rings is 1. The molecule has 1 fully saturated rings. The molecule has 0 bridgehead atoms. The molecular weight excluding hydrogens is 394 g/mol. The van der Waals surface area contributed by atoms with Gasteiger partial charge in [0.2, 0.25) is 5.95 Å². The smallest absolute Gasteiger partial charge is 0.255 e. The zero-order valence-electron chi connectivity index (χ0n) is 17.7. The lowest BCUT2D eigenvalue weighted by Crippen LogP contribution is -2.45. The zero-order chi connectivity index (χ0) is 21.4. The van der Waals surface area contributed by atoms with E-state index in [1.165, 1.54) is 5.56 Å². The van der Waals surface area contributed by atoms with E-state index in [4.69, 9.17) is 10.1 Å². The summed E-state index contributed by atoms with van der Waals surface area (Å²) >= 11 is 0. The highest BCUT2D eigenvalue weighted by molar-refractivity contribution is 5.95. The number of carbonyl (C=O) groups is 1. The number of H-pyrrole nitrogens is 1. The largest absolute Gasteiger partial charge is 0.395 e. The maximum atomic E-state index is 12.5. The highest BCUT2D eigenvalue weighted by Crippen LogP contribution is 2.44. The predicted molar refractivity (Wildman–Crippen MR) is 119 cm³/mol. The Balaban J connectivity index is 1.32. The molecule has 0 unspecified atom stereocenters. The van der Waals surface area contributed by atoms with E-state index in [9.17, 15) is 9.59 Å². The first-order valence-corrected chi connectivity index (χ1v) is 11.2. The van der Waals surface area contributed by atoms with E-state index in [0.717, 1.165) is 75.1 Å². The van der Waals surface area contributed by atoms with E-state index < -0.39 is 0 Å². The number of aryl methyl sites for hydroxylation is 1. The summed E-state index contributed by atoms with van der Waals surface area (Å²) in [5.41, 5.74) is 4.80. The molecule has 4 N–H and O–H groups in total. The summed E-state index contributed by atoms with van der Waals surface area (Å²) in [5.74, 6) is 0.541. The Morgan fingerprint density at radius 3 is 2.84 bits per heavy atom. The van der Waals surface area contributed by atoms with Crippen LogP contribution in [0.15, 0.2) is 23.0 Å². The third-order valence-electron chi connectivity index (χ3n) is 7.07. The van der Waals surface area contributed by atoms with E-state index >= 15 is 0 Å². The number of aromatic nitrogens is 2. The summed E-state index contributed by atoms with van der Waals surface area (Å²) in [5, 5.41) is 15.1. The van der Waals surface area contributed by atoms with Crippen molar-refractivity contribution in [3.05, 3.63) is 50.9 Å². The van der Waals surface area contributed by atoms with Gasteiger partial charge in [0.1, 0.15) is 0 Å². The van der Waals surface area contributed by atoms with Crippen molar-refractivity contribution in [3.8, 4) is 0 Å². The third-order valence-corrected chi connectivity index (χ3v) is 7.07. The van der Waals surface area contributed by atoms with E-state index in [1.54, 1.807) is 0 Å². The van der Waals surface area contributed by atoms with Crippen LogP contribution in [0.3, 0.4) is 0 Å². The lowest BCUT2D eigenvalue weighted by molar-refractivity contribution is 0.0945. The van der Waals surface area contributed by atoms with Crippen LogP contribution >= 0.6 is 0 Å². The molecule has 1 aromatic heterocycles. The average Bonchev–Trinajstić information content (AvgIpc) is 3.15. The fraction of sp³-hybridized carbons (Fsp3) is 0.522.